The van der Waals surface area contributed by atoms with Gasteiger partial charge in [-0.3, -0.25) is 4.72 Å². The van der Waals surface area contributed by atoms with Gasteiger partial charge in [-0.25, -0.2) is 21.8 Å². The van der Waals surface area contributed by atoms with Gasteiger partial charge in [-0.2, -0.15) is 0 Å². The van der Waals surface area contributed by atoms with E-state index in [1.807, 2.05) is 13.0 Å². The zero-order chi connectivity index (χ0) is 18.1. The molecule has 1 saturated heterocycles. The SMILES string of the molecule is Cc1cccc(S(=O)(=O)Nc2ccc(NC3CCS(=O)(=O)C3)cn2)c1. The maximum absolute atomic E-state index is 12.4. The Bertz CT molecular complexity index is 971. The van der Waals surface area contributed by atoms with E-state index in [0.29, 0.717) is 12.1 Å². The predicted molar refractivity (Wildman–Crippen MR) is 96.9 cm³/mol. The van der Waals surface area contributed by atoms with Crippen molar-refractivity contribution in [1.29, 1.82) is 0 Å². The molecule has 0 aliphatic carbocycles. The first-order valence-corrected chi connectivity index (χ1v) is 11.1. The molecule has 1 unspecified atom stereocenters. The van der Waals surface area contributed by atoms with E-state index in [9.17, 15) is 16.8 Å². The minimum Gasteiger partial charge on any atom is -0.380 e. The van der Waals surface area contributed by atoms with E-state index < -0.39 is 19.9 Å². The minimum absolute atomic E-state index is 0.106. The van der Waals surface area contributed by atoms with Crippen LogP contribution in [0.25, 0.3) is 0 Å². The molecule has 0 amide bonds. The number of sulfone groups is 1. The summed E-state index contributed by atoms with van der Waals surface area (Å²) < 4.78 is 50.1. The van der Waals surface area contributed by atoms with E-state index in [0.717, 1.165) is 5.56 Å². The predicted octanol–water partition coefficient (Wildman–Crippen LogP) is 1.79. The number of anilines is 2. The van der Waals surface area contributed by atoms with Gasteiger partial charge in [-0.15, -0.1) is 0 Å². The fourth-order valence-corrected chi connectivity index (χ4v) is 5.45. The van der Waals surface area contributed by atoms with Crippen molar-refractivity contribution in [3.63, 3.8) is 0 Å². The molecule has 0 spiro atoms. The van der Waals surface area contributed by atoms with Crippen LogP contribution in [-0.2, 0) is 19.9 Å². The molecule has 2 aromatic rings. The average molecular weight is 381 g/mol. The molecular weight excluding hydrogens is 362 g/mol. The lowest BCUT2D eigenvalue weighted by atomic mass is 10.2. The van der Waals surface area contributed by atoms with Crippen LogP contribution in [-0.4, -0.2) is 39.4 Å². The van der Waals surface area contributed by atoms with Crippen LogP contribution in [0.2, 0.25) is 0 Å². The molecule has 9 heteroatoms. The third-order valence-corrected chi connectivity index (χ3v) is 7.03. The lowest BCUT2D eigenvalue weighted by molar-refractivity contribution is 0.599. The van der Waals surface area contributed by atoms with Crippen molar-refractivity contribution < 1.29 is 16.8 Å². The summed E-state index contributed by atoms with van der Waals surface area (Å²) in [5, 5.41) is 3.11. The second-order valence-electron chi connectivity index (χ2n) is 6.10. The molecule has 0 radical (unpaired) electrons. The lowest BCUT2D eigenvalue weighted by Gasteiger charge is -2.13. The summed E-state index contributed by atoms with van der Waals surface area (Å²) in [7, 11) is -6.66. The number of benzene rings is 1. The summed E-state index contributed by atoms with van der Waals surface area (Å²) in [6.45, 7) is 1.82. The highest BCUT2D eigenvalue weighted by atomic mass is 32.2. The summed E-state index contributed by atoms with van der Waals surface area (Å²) in [5.41, 5.74) is 1.50. The van der Waals surface area contributed by atoms with Gasteiger partial charge in [-0.05, 0) is 43.2 Å². The molecule has 1 atom stereocenters. The summed E-state index contributed by atoms with van der Waals surface area (Å²) in [5.74, 6) is 0.493. The third-order valence-electron chi connectivity index (χ3n) is 3.91. The monoisotopic (exact) mass is 381 g/mol. The van der Waals surface area contributed by atoms with Gasteiger partial charge >= 0.3 is 0 Å². The van der Waals surface area contributed by atoms with E-state index in [2.05, 4.69) is 15.0 Å². The molecule has 3 rings (SSSR count). The minimum atomic E-state index is -3.70. The average Bonchev–Trinajstić information content (AvgIpc) is 2.88. The Morgan fingerprint density at radius 2 is 2.00 bits per heavy atom. The maximum Gasteiger partial charge on any atom is 0.263 e. The van der Waals surface area contributed by atoms with Gasteiger partial charge in [0.2, 0.25) is 0 Å². The van der Waals surface area contributed by atoms with E-state index in [1.54, 1.807) is 24.3 Å². The topological polar surface area (TPSA) is 105 Å². The molecule has 1 aliphatic heterocycles. The number of aromatic nitrogens is 1. The number of pyridine rings is 1. The Balaban J connectivity index is 1.68. The molecular formula is C16H19N3O4S2. The zero-order valence-electron chi connectivity index (χ0n) is 13.6. The van der Waals surface area contributed by atoms with Crippen LogP contribution in [0.3, 0.4) is 0 Å². The largest absolute Gasteiger partial charge is 0.380 e. The first kappa shape index (κ1) is 17.7. The molecule has 7 nitrogen and oxygen atoms in total. The highest BCUT2D eigenvalue weighted by Crippen LogP contribution is 2.19. The highest BCUT2D eigenvalue weighted by Gasteiger charge is 2.27. The Morgan fingerprint density at radius 3 is 2.60 bits per heavy atom. The normalized spacial score (nSPS) is 19.5. The van der Waals surface area contributed by atoms with Gasteiger partial charge in [0.1, 0.15) is 5.82 Å². The molecule has 0 saturated carbocycles. The molecule has 1 aromatic carbocycles. The quantitative estimate of drug-likeness (QED) is 0.818. The van der Waals surface area contributed by atoms with Crippen molar-refractivity contribution in [2.45, 2.75) is 24.3 Å². The van der Waals surface area contributed by atoms with Crippen LogP contribution in [0.1, 0.15) is 12.0 Å². The molecule has 1 aliphatic rings. The fraction of sp³-hybridized carbons (Fsp3) is 0.312. The summed E-state index contributed by atoms with van der Waals surface area (Å²) in [6.07, 6.45) is 2.04. The number of rotatable bonds is 5. The maximum atomic E-state index is 12.4. The second-order valence-corrected chi connectivity index (χ2v) is 10.0. The summed E-state index contributed by atoms with van der Waals surface area (Å²) >= 11 is 0. The highest BCUT2D eigenvalue weighted by molar-refractivity contribution is 7.92. The third kappa shape index (κ3) is 4.49. The van der Waals surface area contributed by atoms with E-state index in [1.165, 1.54) is 12.3 Å². The second kappa shape index (κ2) is 6.64. The number of aryl methyl sites for hydroxylation is 1. The smallest absolute Gasteiger partial charge is 0.263 e. The Hall–Kier alpha value is -2.13. The van der Waals surface area contributed by atoms with Crippen molar-refractivity contribution in [2.75, 3.05) is 21.5 Å². The summed E-state index contributed by atoms with van der Waals surface area (Å²) in [4.78, 5) is 4.26. The Morgan fingerprint density at radius 1 is 1.20 bits per heavy atom. The van der Waals surface area contributed by atoms with Gasteiger partial charge in [0.05, 0.1) is 28.3 Å². The van der Waals surface area contributed by atoms with E-state index >= 15 is 0 Å². The van der Waals surface area contributed by atoms with Gasteiger partial charge in [0.25, 0.3) is 10.0 Å². The molecule has 1 aromatic heterocycles. The molecule has 1 fully saturated rings. The van der Waals surface area contributed by atoms with Crippen LogP contribution in [0.5, 0.6) is 0 Å². The van der Waals surface area contributed by atoms with Crippen molar-refractivity contribution >= 4 is 31.4 Å². The van der Waals surface area contributed by atoms with Crippen LogP contribution in [0.15, 0.2) is 47.5 Å². The Kier molecular flexibility index (Phi) is 4.70. The number of nitrogens with one attached hydrogen (secondary N) is 2. The van der Waals surface area contributed by atoms with Crippen LogP contribution in [0.4, 0.5) is 11.5 Å². The van der Waals surface area contributed by atoms with Gasteiger partial charge < -0.3 is 5.32 Å². The van der Waals surface area contributed by atoms with Gasteiger partial charge in [0, 0.05) is 6.04 Å². The van der Waals surface area contributed by atoms with E-state index in [-0.39, 0.29) is 28.3 Å². The molecule has 0 bridgehead atoms. The standard InChI is InChI=1S/C16H19N3O4S2/c1-12-3-2-4-15(9-12)25(22,23)19-16-6-5-13(10-17-16)18-14-7-8-24(20,21)11-14/h2-6,9-10,14,18H,7-8,11H2,1H3,(H,17,19). The number of sulfonamides is 1. The van der Waals surface area contributed by atoms with Crippen molar-refractivity contribution in [3.8, 4) is 0 Å². The van der Waals surface area contributed by atoms with Crippen LogP contribution >= 0.6 is 0 Å². The lowest BCUT2D eigenvalue weighted by Crippen LogP contribution is -2.20. The number of nitrogens with zero attached hydrogens (tertiary/aromatic N) is 1. The van der Waals surface area contributed by atoms with Crippen LogP contribution < -0.4 is 10.0 Å². The van der Waals surface area contributed by atoms with Crippen molar-refractivity contribution in [1.82, 2.24) is 4.98 Å². The zero-order valence-corrected chi connectivity index (χ0v) is 15.3. The first-order valence-electron chi connectivity index (χ1n) is 7.76. The van der Waals surface area contributed by atoms with E-state index in [4.69, 9.17) is 0 Å². The van der Waals surface area contributed by atoms with Crippen molar-refractivity contribution in [2.24, 2.45) is 0 Å². The summed E-state index contributed by atoms with van der Waals surface area (Å²) in [6, 6.07) is 9.68. The molecule has 25 heavy (non-hydrogen) atoms. The molecule has 2 N–H and O–H groups in total. The first-order chi connectivity index (χ1) is 11.7. The Labute approximate surface area is 147 Å². The van der Waals surface area contributed by atoms with Gasteiger partial charge in [0.15, 0.2) is 9.84 Å². The van der Waals surface area contributed by atoms with Crippen LogP contribution in [0, 0.1) is 6.92 Å². The van der Waals surface area contributed by atoms with Crippen molar-refractivity contribution in [3.05, 3.63) is 48.2 Å². The molecule has 134 valence electrons. The van der Waals surface area contributed by atoms with Gasteiger partial charge in [-0.1, -0.05) is 12.1 Å². The fourth-order valence-electron chi connectivity index (χ4n) is 2.66. The molecule has 2 heterocycles. The number of hydrogen-bond donors (Lipinski definition) is 2. The number of hydrogen-bond acceptors (Lipinski definition) is 6.